The Hall–Kier alpha value is -1.16. The number of hydrogen-bond donors (Lipinski definition) is 1. The number of carbonyl (C=O) groups is 1. The number of unbranched alkanes of at least 4 members (excludes halogenated alkanes) is 2. The van der Waals surface area contributed by atoms with Crippen molar-refractivity contribution in [1.82, 2.24) is 0 Å². The molecule has 0 bridgehead atoms. The quantitative estimate of drug-likeness (QED) is 0.578. The largest absolute Gasteiger partial charge is 0.481 e. The summed E-state index contributed by atoms with van der Waals surface area (Å²) in [4.78, 5) is 13.7. The molecule has 0 saturated heterocycles. The lowest BCUT2D eigenvalue weighted by Crippen LogP contribution is -2.07. The lowest BCUT2D eigenvalue weighted by molar-refractivity contribution is -0.137. The standard InChI is InChI=1S/C14H21NO2S/c1-15(2)12-7-9-13(10-8-12)18-11-5-3-4-6-14(16)17/h7-10H,3-6,11H2,1-2H3,(H,16,17). The summed E-state index contributed by atoms with van der Waals surface area (Å²) in [5.74, 6) is 0.364. The van der Waals surface area contributed by atoms with Crippen LogP contribution in [0.2, 0.25) is 0 Å². The lowest BCUT2D eigenvalue weighted by Gasteiger charge is -2.12. The Morgan fingerprint density at radius 3 is 2.39 bits per heavy atom. The van der Waals surface area contributed by atoms with Gasteiger partial charge in [0.15, 0.2) is 0 Å². The average molecular weight is 267 g/mol. The van der Waals surface area contributed by atoms with Gasteiger partial charge in [0.05, 0.1) is 0 Å². The number of aliphatic carboxylic acids is 1. The fourth-order valence-electron chi connectivity index (χ4n) is 1.59. The number of rotatable bonds is 8. The van der Waals surface area contributed by atoms with Gasteiger partial charge in [0.1, 0.15) is 0 Å². The van der Waals surface area contributed by atoms with Crippen molar-refractivity contribution < 1.29 is 9.90 Å². The first-order valence-electron chi connectivity index (χ1n) is 6.21. The number of carboxylic acid groups (broad SMARTS) is 1. The molecule has 0 unspecified atom stereocenters. The molecule has 0 atom stereocenters. The van der Waals surface area contributed by atoms with Crippen LogP contribution in [0, 0.1) is 0 Å². The van der Waals surface area contributed by atoms with Crippen molar-refractivity contribution in [2.45, 2.75) is 30.6 Å². The molecule has 0 heterocycles. The highest BCUT2D eigenvalue weighted by Crippen LogP contribution is 2.22. The number of hydrogen-bond acceptors (Lipinski definition) is 3. The summed E-state index contributed by atoms with van der Waals surface area (Å²) in [6.07, 6.45) is 3.15. The Morgan fingerprint density at radius 1 is 1.17 bits per heavy atom. The summed E-state index contributed by atoms with van der Waals surface area (Å²) in [6.45, 7) is 0. The van der Waals surface area contributed by atoms with E-state index in [1.807, 2.05) is 25.9 Å². The van der Waals surface area contributed by atoms with Gasteiger partial charge in [-0.05, 0) is 42.9 Å². The topological polar surface area (TPSA) is 40.5 Å². The van der Waals surface area contributed by atoms with E-state index in [9.17, 15) is 4.79 Å². The highest BCUT2D eigenvalue weighted by Gasteiger charge is 1.99. The maximum Gasteiger partial charge on any atom is 0.303 e. The molecule has 1 rings (SSSR count). The SMILES string of the molecule is CN(C)c1ccc(SCCCCCC(=O)O)cc1. The van der Waals surface area contributed by atoms with Crippen LogP contribution in [0.1, 0.15) is 25.7 Å². The van der Waals surface area contributed by atoms with E-state index in [-0.39, 0.29) is 0 Å². The molecule has 0 aliphatic carbocycles. The van der Waals surface area contributed by atoms with E-state index >= 15 is 0 Å². The van der Waals surface area contributed by atoms with Gasteiger partial charge in [-0.1, -0.05) is 6.42 Å². The zero-order chi connectivity index (χ0) is 13.4. The molecule has 3 nitrogen and oxygen atoms in total. The minimum Gasteiger partial charge on any atom is -0.481 e. The molecule has 0 spiro atoms. The minimum atomic E-state index is -0.693. The third kappa shape index (κ3) is 5.96. The van der Waals surface area contributed by atoms with Crippen molar-refractivity contribution in [3.05, 3.63) is 24.3 Å². The van der Waals surface area contributed by atoms with Gasteiger partial charge in [-0.2, -0.15) is 0 Å². The van der Waals surface area contributed by atoms with E-state index in [0.29, 0.717) is 6.42 Å². The number of carboxylic acids is 1. The highest BCUT2D eigenvalue weighted by molar-refractivity contribution is 7.99. The monoisotopic (exact) mass is 267 g/mol. The predicted molar refractivity (Wildman–Crippen MR) is 77.6 cm³/mol. The molecule has 0 fully saturated rings. The molecule has 1 aromatic carbocycles. The molecule has 100 valence electrons. The molecule has 1 aromatic rings. The summed E-state index contributed by atoms with van der Waals surface area (Å²) < 4.78 is 0. The van der Waals surface area contributed by atoms with Crippen molar-refractivity contribution in [2.24, 2.45) is 0 Å². The van der Waals surface area contributed by atoms with Crippen molar-refractivity contribution in [1.29, 1.82) is 0 Å². The molecule has 0 amide bonds. The Bertz CT molecular complexity index is 363. The summed E-state index contributed by atoms with van der Waals surface area (Å²) in [5.41, 5.74) is 1.21. The van der Waals surface area contributed by atoms with Crippen LogP contribution in [0.5, 0.6) is 0 Å². The van der Waals surface area contributed by atoms with Gasteiger partial charge in [-0.15, -0.1) is 11.8 Å². The van der Waals surface area contributed by atoms with Crippen LogP contribution in [0.25, 0.3) is 0 Å². The third-order valence-electron chi connectivity index (χ3n) is 2.66. The Balaban J connectivity index is 2.17. The van der Waals surface area contributed by atoms with Crippen LogP contribution < -0.4 is 4.90 Å². The number of anilines is 1. The maximum absolute atomic E-state index is 10.3. The molecule has 0 radical (unpaired) electrons. The predicted octanol–water partition coefficient (Wildman–Crippen LogP) is 3.49. The number of thioether (sulfide) groups is 1. The normalized spacial score (nSPS) is 10.3. The highest BCUT2D eigenvalue weighted by atomic mass is 32.2. The van der Waals surface area contributed by atoms with Crippen molar-refractivity contribution >= 4 is 23.4 Å². The zero-order valence-electron chi connectivity index (χ0n) is 11.1. The first-order chi connectivity index (χ1) is 8.59. The molecule has 0 aromatic heterocycles. The first-order valence-corrected chi connectivity index (χ1v) is 7.20. The van der Waals surface area contributed by atoms with E-state index in [4.69, 9.17) is 5.11 Å². The van der Waals surface area contributed by atoms with Crippen LogP contribution in [-0.2, 0) is 4.79 Å². The van der Waals surface area contributed by atoms with E-state index < -0.39 is 5.97 Å². The second-order valence-electron chi connectivity index (χ2n) is 4.44. The fourth-order valence-corrected chi connectivity index (χ4v) is 2.50. The van der Waals surface area contributed by atoms with E-state index in [2.05, 4.69) is 29.2 Å². The van der Waals surface area contributed by atoms with Crippen LogP contribution in [0.15, 0.2) is 29.2 Å². The van der Waals surface area contributed by atoms with Gasteiger partial charge in [0.2, 0.25) is 0 Å². The van der Waals surface area contributed by atoms with Crippen LogP contribution in [-0.4, -0.2) is 30.9 Å². The summed E-state index contributed by atoms with van der Waals surface area (Å²) >= 11 is 1.83. The average Bonchev–Trinajstić information content (AvgIpc) is 2.34. The molecule has 0 saturated carbocycles. The number of benzene rings is 1. The van der Waals surface area contributed by atoms with Gasteiger partial charge in [-0.3, -0.25) is 4.79 Å². The third-order valence-corrected chi connectivity index (χ3v) is 3.76. The van der Waals surface area contributed by atoms with Crippen LogP contribution in [0.4, 0.5) is 5.69 Å². The second-order valence-corrected chi connectivity index (χ2v) is 5.61. The van der Waals surface area contributed by atoms with Crippen molar-refractivity contribution in [3.8, 4) is 0 Å². The van der Waals surface area contributed by atoms with E-state index in [1.165, 1.54) is 10.6 Å². The summed E-state index contributed by atoms with van der Waals surface area (Å²) in [6, 6.07) is 8.51. The molecule has 4 heteroatoms. The first kappa shape index (κ1) is 14.9. The van der Waals surface area contributed by atoms with Gasteiger partial charge >= 0.3 is 5.97 Å². The molecule has 0 aliphatic rings. The zero-order valence-corrected chi connectivity index (χ0v) is 11.9. The molecular formula is C14H21NO2S. The molecule has 1 N–H and O–H groups in total. The van der Waals surface area contributed by atoms with Gasteiger partial charge in [0, 0.05) is 31.1 Å². The fraction of sp³-hybridized carbons (Fsp3) is 0.500. The van der Waals surface area contributed by atoms with Gasteiger partial charge in [0.25, 0.3) is 0 Å². The second kappa shape index (κ2) is 8.03. The van der Waals surface area contributed by atoms with Gasteiger partial charge < -0.3 is 10.0 Å². The maximum atomic E-state index is 10.3. The van der Waals surface area contributed by atoms with E-state index in [0.717, 1.165) is 25.0 Å². The van der Waals surface area contributed by atoms with Crippen molar-refractivity contribution in [2.75, 3.05) is 24.7 Å². The van der Waals surface area contributed by atoms with E-state index in [1.54, 1.807) is 0 Å². The van der Waals surface area contributed by atoms with Crippen LogP contribution >= 0.6 is 11.8 Å². The summed E-state index contributed by atoms with van der Waals surface area (Å²) in [5, 5.41) is 8.51. The molecule has 0 aliphatic heterocycles. The molecule has 18 heavy (non-hydrogen) atoms. The van der Waals surface area contributed by atoms with Gasteiger partial charge in [-0.25, -0.2) is 0 Å². The molecular weight excluding hydrogens is 246 g/mol. The Morgan fingerprint density at radius 2 is 1.83 bits per heavy atom. The summed E-state index contributed by atoms with van der Waals surface area (Å²) in [7, 11) is 4.06. The van der Waals surface area contributed by atoms with Crippen LogP contribution in [0.3, 0.4) is 0 Å². The number of nitrogens with zero attached hydrogens (tertiary/aromatic N) is 1. The smallest absolute Gasteiger partial charge is 0.303 e. The Labute approximate surface area is 113 Å². The minimum absolute atomic E-state index is 0.294. The lowest BCUT2D eigenvalue weighted by atomic mass is 10.2. The van der Waals surface area contributed by atoms with Crippen molar-refractivity contribution in [3.63, 3.8) is 0 Å². The Kier molecular flexibility index (Phi) is 6.65.